The highest BCUT2D eigenvalue weighted by Gasteiger charge is 2.43. The van der Waals surface area contributed by atoms with Gasteiger partial charge in [0.25, 0.3) is 0 Å². The summed E-state index contributed by atoms with van der Waals surface area (Å²) in [5.41, 5.74) is 0.214. The first-order chi connectivity index (χ1) is 6.37. The van der Waals surface area contributed by atoms with Gasteiger partial charge >= 0.3 is 0 Å². The average Bonchev–Trinajstić information content (AvgIpc) is 2.02. The lowest BCUT2D eigenvalue weighted by Gasteiger charge is -2.47. The van der Waals surface area contributed by atoms with Crippen LogP contribution in [0.4, 0.5) is 0 Å². The van der Waals surface area contributed by atoms with Gasteiger partial charge in [0, 0.05) is 13.2 Å². The Morgan fingerprint density at radius 2 is 2.15 bits per heavy atom. The van der Waals surface area contributed by atoms with E-state index in [1.807, 2.05) is 7.05 Å². The summed E-state index contributed by atoms with van der Waals surface area (Å²) in [5, 5.41) is 3.30. The summed E-state index contributed by atoms with van der Waals surface area (Å²) >= 11 is 0. The maximum Gasteiger partial charge on any atom is 0.0834 e. The van der Waals surface area contributed by atoms with Crippen LogP contribution in [-0.2, 0) is 4.74 Å². The molecule has 0 aromatic rings. The summed E-state index contributed by atoms with van der Waals surface area (Å²) in [6.45, 7) is 2.04. The van der Waals surface area contributed by atoms with Gasteiger partial charge in [-0.15, -0.1) is 0 Å². The maximum absolute atomic E-state index is 6.05. The van der Waals surface area contributed by atoms with Crippen molar-refractivity contribution in [3.63, 3.8) is 0 Å². The standard InChI is InChI=1S/C11H21NO/c1-12-9-11(10-5-4-6-10)7-2-3-8-13-11/h10,12H,2-9H2,1H3. The predicted octanol–water partition coefficient (Wildman–Crippen LogP) is 1.95. The van der Waals surface area contributed by atoms with Crippen LogP contribution in [0.3, 0.4) is 0 Å². The van der Waals surface area contributed by atoms with Gasteiger partial charge in [0.15, 0.2) is 0 Å². The van der Waals surface area contributed by atoms with E-state index in [2.05, 4.69) is 5.32 Å². The summed E-state index contributed by atoms with van der Waals surface area (Å²) < 4.78 is 6.05. The number of likely N-dealkylation sites (N-methyl/N-ethyl adjacent to an activating group) is 1. The minimum Gasteiger partial charge on any atom is -0.373 e. The van der Waals surface area contributed by atoms with E-state index in [-0.39, 0.29) is 5.60 Å². The number of rotatable bonds is 3. The molecule has 1 saturated carbocycles. The first-order valence-corrected chi connectivity index (χ1v) is 5.66. The first-order valence-electron chi connectivity index (χ1n) is 5.66. The van der Waals surface area contributed by atoms with E-state index in [1.165, 1.54) is 38.5 Å². The highest BCUT2D eigenvalue weighted by molar-refractivity contribution is 4.95. The second kappa shape index (κ2) is 3.97. The molecule has 1 N–H and O–H groups in total. The van der Waals surface area contributed by atoms with E-state index < -0.39 is 0 Å². The fourth-order valence-corrected chi connectivity index (χ4v) is 2.71. The molecule has 0 radical (unpaired) electrons. The smallest absolute Gasteiger partial charge is 0.0834 e. The van der Waals surface area contributed by atoms with Gasteiger partial charge in [0.05, 0.1) is 5.60 Å². The quantitative estimate of drug-likeness (QED) is 0.722. The minimum atomic E-state index is 0.214. The summed E-state index contributed by atoms with van der Waals surface area (Å²) in [5.74, 6) is 0.847. The highest BCUT2D eigenvalue weighted by Crippen LogP contribution is 2.42. The van der Waals surface area contributed by atoms with Gasteiger partial charge in [0.2, 0.25) is 0 Å². The Morgan fingerprint density at radius 1 is 1.31 bits per heavy atom. The Labute approximate surface area is 81.0 Å². The number of hydrogen-bond donors (Lipinski definition) is 1. The van der Waals surface area contributed by atoms with Gasteiger partial charge < -0.3 is 10.1 Å². The molecule has 2 aliphatic rings. The zero-order chi connectivity index (χ0) is 9.15. The molecular formula is C11H21NO. The van der Waals surface area contributed by atoms with Gasteiger partial charge in [0.1, 0.15) is 0 Å². The molecule has 0 aromatic carbocycles. The second-order valence-corrected chi connectivity index (χ2v) is 4.53. The van der Waals surface area contributed by atoms with E-state index in [9.17, 15) is 0 Å². The summed E-state index contributed by atoms with van der Waals surface area (Å²) in [7, 11) is 2.04. The van der Waals surface area contributed by atoms with Crippen LogP contribution in [0, 0.1) is 5.92 Å². The monoisotopic (exact) mass is 183 g/mol. The van der Waals surface area contributed by atoms with Gasteiger partial charge in [-0.3, -0.25) is 0 Å². The van der Waals surface area contributed by atoms with Crippen molar-refractivity contribution in [3.05, 3.63) is 0 Å². The lowest BCUT2D eigenvalue weighted by Crippen LogP contribution is -2.52. The van der Waals surface area contributed by atoms with Crippen LogP contribution in [0.5, 0.6) is 0 Å². The maximum atomic E-state index is 6.05. The lowest BCUT2D eigenvalue weighted by atomic mass is 9.70. The van der Waals surface area contributed by atoms with E-state index in [1.54, 1.807) is 0 Å². The van der Waals surface area contributed by atoms with Crippen LogP contribution < -0.4 is 5.32 Å². The molecule has 0 amide bonds. The molecule has 0 bridgehead atoms. The Bertz CT molecular complexity index is 154. The van der Waals surface area contributed by atoms with Crippen molar-refractivity contribution in [2.24, 2.45) is 5.92 Å². The third-order valence-electron chi connectivity index (χ3n) is 3.71. The van der Waals surface area contributed by atoms with Crippen LogP contribution in [0.25, 0.3) is 0 Å². The molecule has 1 atom stereocenters. The Kier molecular flexibility index (Phi) is 2.89. The molecule has 0 spiro atoms. The van der Waals surface area contributed by atoms with Crippen LogP contribution >= 0.6 is 0 Å². The predicted molar refractivity (Wildman–Crippen MR) is 53.8 cm³/mol. The Hall–Kier alpha value is -0.0800. The molecule has 1 unspecified atom stereocenters. The van der Waals surface area contributed by atoms with E-state index in [4.69, 9.17) is 4.74 Å². The molecule has 1 saturated heterocycles. The molecule has 2 rings (SSSR count). The summed E-state index contributed by atoms with van der Waals surface area (Å²) in [6, 6.07) is 0. The minimum absolute atomic E-state index is 0.214. The topological polar surface area (TPSA) is 21.3 Å². The molecule has 1 aliphatic heterocycles. The van der Waals surface area contributed by atoms with Gasteiger partial charge in [-0.25, -0.2) is 0 Å². The lowest BCUT2D eigenvalue weighted by molar-refractivity contribution is -0.132. The van der Waals surface area contributed by atoms with Crippen LogP contribution in [0.1, 0.15) is 38.5 Å². The summed E-state index contributed by atoms with van der Waals surface area (Å²) in [6.07, 6.45) is 8.09. The Balaban J connectivity index is 1.99. The van der Waals surface area contributed by atoms with E-state index >= 15 is 0 Å². The van der Waals surface area contributed by atoms with Crippen LogP contribution in [-0.4, -0.2) is 25.8 Å². The fourth-order valence-electron chi connectivity index (χ4n) is 2.71. The molecular weight excluding hydrogens is 162 g/mol. The van der Waals surface area contributed by atoms with Crippen molar-refractivity contribution in [1.29, 1.82) is 0 Å². The molecule has 2 fully saturated rings. The second-order valence-electron chi connectivity index (χ2n) is 4.53. The largest absolute Gasteiger partial charge is 0.373 e. The molecule has 76 valence electrons. The fraction of sp³-hybridized carbons (Fsp3) is 1.00. The zero-order valence-corrected chi connectivity index (χ0v) is 8.64. The number of nitrogens with one attached hydrogen (secondary N) is 1. The Morgan fingerprint density at radius 3 is 2.62 bits per heavy atom. The van der Waals surface area contributed by atoms with Crippen molar-refractivity contribution < 1.29 is 4.74 Å². The average molecular weight is 183 g/mol. The molecule has 1 aliphatic carbocycles. The molecule has 1 heterocycles. The van der Waals surface area contributed by atoms with Crippen molar-refractivity contribution in [3.8, 4) is 0 Å². The van der Waals surface area contributed by atoms with E-state index in [0.29, 0.717) is 0 Å². The number of ether oxygens (including phenoxy) is 1. The number of hydrogen-bond acceptors (Lipinski definition) is 2. The van der Waals surface area contributed by atoms with Gasteiger partial charge in [-0.2, -0.15) is 0 Å². The van der Waals surface area contributed by atoms with Crippen LogP contribution in [0.15, 0.2) is 0 Å². The highest BCUT2D eigenvalue weighted by atomic mass is 16.5. The molecule has 2 heteroatoms. The normalized spacial score (nSPS) is 35.8. The van der Waals surface area contributed by atoms with E-state index in [0.717, 1.165) is 19.1 Å². The SMILES string of the molecule is CNCC1(C2CCC2)CCCCO1. The first kappa shape index (κ1) is 9.47. The van der Waals surface area contributed by atoms with Crippen molar-refractivity contribution in [1.82, 2.24) is 5.32 Å². The molecule has 2 nitrogen and oxygen atoms in total. The third kappa shape index (κ3) is 1.75. The zero-order valence-electron chi connectivity index (χ0n) is 8.64. The van der Waals surface area contributed by atoms with Crippen molar-refractivity contribution in [2.75, 3.05) is 20.2 Å². The van der Waals surface area contributed by atoms with Crippen LogP contribution in [0.2, 0.25) is 0 Å². The van der Waals surface area contributed by atoms with Gasteiger partial charge in [-0.1, -0.05) is 6.42 Å². The summed E-state index contributed by atoms with van der Waals surface area (Å²) in [4.78, 5) is 0. The third-order valence-corrected chi connectivity index (χ3v) is 3.71. The molecule has 0 aromatic heterocycles. The van der Waals surface area contributed by atoms with Crippen molar-refractivity contribution >= 4 is 0 Å². The van der Waals surface area contributed by atoms with Crippen molar-refractivity contribution in [2.45, 2.75) is 44.1 Å². The molecule has 13 heavy (non-hydrogen) atoms. The van der Waals surface area contributed by atoms with Gasteiger partial charge in [-0.05, 0) is 45.1 Å².